The van der Waals surface area contributed by atoms with Crippen molar-refractivity contribution in [3.63, 3.8) is 0 Å². The van der Waals surface area contributed by atoms with E-state index in [4.69, 9.17) is 0 Å². The summed E-state index contributed by atoms with van der Waals surface area (Å²) in [5, 5.41) is 19.9. The molecule has 0 bridgehead atoms. The molecular formula is C14H17N3O2. The number of hydrogen-bond acceptors (Lipinski definition) is 4. The molecule has 1 aliphatic rings. The summed E-state index contributed by atoms with van der Waals surface area (Å²) in [5.74, 6) is 1.15. The Balaban J connectivity index is 2.34. The van der Waals surface area contributed by atoms with Gasteiger partial charge in [0.15, 0.2) is 0 Å². The van der Waals surface area contributed by atoms with Gasteiger partial charge in [0.2, 0.25) is 0 Å². The Morgan fingerprint density at radius 3 is 2.53 bits per heavy atom. The highest BCUT2D eigenvalue weighted by Crippen LogP contribution is 2.30. The topological polar surface area (TPSA) is 70.2 Å². The van der Waals surface area contributed by atoms with Gasteiger partial charge in [-0.15, -0.1) is 0 Å². The molecule has 2 atom stereocenters. The number of nitro groups is 1. The molecule has 0 unspecified atom stereocenters. The lowest BCUT2D eigenvalue weighted by atomic mass is 9.91. The molecule has 0 spiro atoms. The number of piperidine rings is 1. The lowest BCUT2D eigenvalue weighted by Crippen LogP contribution is -2.39. The van der Waals surface area contributed by atoms with Gasteiger partial charge >= 0.3 is 0 Å². The normalized spacial score (nSPS) is 22.9. The Kier molecular flexibility index (Phi) is 3.70. The van der Waals surface area contributed by atoms with Crippen LogP contribution in [0.25, 0.3) is 0 Å². The minimum Gasteiger partial charge on any atom is -0.370 e. The zero-order valence-electron chi connectivity index (χ0n) is 11.2. The zero-order valence-corrected chi connectivity index (χ0v) is 11.2. The molecule has 0 amide bonds. The summed E-state index contributed by atoms with van der Waals surface area (Å²) in [4.78, 5) is 12.4. The van der Waals surface area contributed by atoms with E-state index in [1.54, 1.807) is 6.07 Å². The average molecular weight is 259 g/mol. The molecule has 0 N–H and O–H groups in total. The predicted molar refractivity (Wildman–Crippen MR) is 73.0 cm³/mol. The van der Waals surface area contributed by atoms with Crippen molar-refractivity contribution in [2.75, 3.05) is 18.0 Å². The summed E-state index contributed by atoms with van der Waals surface area (Å²) in [5.41, 5.74) is 1.17. The number of nitro benzene ring substituents is 1. The Bertz CT molecular complexity index is 526. The van der Waals surface area contributed by atoms with E-state index in [-0.39, 0.29) is 5.69 Å². The molecule has 1 saturated heterocycles. The lowest BCUT2D eigenvalue weighted by Gasteiger charge is -2.37. The first-order valence-corrected chi connectivity index (χ1v) is 6.44. The largest absolute Gasteiger partial charge is 0.370 e. The van der Waals surface area contributed by atoms with Gasteiger partial charge in [-0.2, -0.15) is 5.26 Å². The summed E-state index contributed by atoms with van der Waals surface area (Å²) >= 11 is 0. The van der Waals surface area contributed by atoms with Gasteiger partial charge in [-0.3, -0.25) is 10.1 Å². The molecule has 0 radical (unpaired) electrons. The maximum atomic E-state index is 10.7. The van der Waals surface area contributed by atoms with E-state index in [0.29, 0.717) is 17.4 Å². The van der Waals surface area contributed by atoms with E-state index in [1.165, 1.54) is 18.6 Å². The summed E-state index contributed by atoms with van der Waals surface area (Å²) in [6, 6.07) is 6.60. The molecule has 19 heavy (non-hydrogen) atoms. The number of rotatable bonds is 2. The van der Waals surface area contributed by atoms with Gasteiger partial charge in [-0.25, -0.2) is 0 Å². The van der Waals surface area contributed by atoms with E-state index in [1.807, 2.05) is 0 Å². The molecule has 1 heterocycles. The first-order chi connectivity index (χ1) is 9.01. The van der Waals surface area contributed by atoms with Crippen molar-refractivity contribution in [1.82, 2.24) is 0 Å². The SMILES string of the molecule is C[C@@H]1C[C@@H](C)CN(c2ccc([N+](=O)[O-])cc2C#N)C1. The highest BCUT2D eigenvalue weighted by molar-refractivity contribution is 5.63. The standard InChI is InChI=1S/C14H17N3O2/c1-10-5-11(2)9-16(8-10)14-4-3-13(17(18)19)6-12(14)7-15/h3-4,6,10-11H,5,8-9H2,1-2H3/t10-,11-/m1/s1. The summed E-state index contributed by atoms with van der Waals surface area (Å²) in [6.45, 7) is 6.19. The molecule has 0 saturated carbocycles. The van der Waals surface area contributed by atoms with Gasteiger partial charge in [0.1, 0.15) is 6.07 Å². The Morgan fingerprint density at radius 1 is 1.37 bits per heavy atom. The number of non-ortho nitro benzene ring substituents is 1. The molecule has 1 fully saturated rings. The molecule has 2 rings (SSSR count). The van der Waals surface area contributed by atoms with Crippen molar-refractivity contribution in [3.05, 3.63) is 33.9 Å². The molecule has 0 aromatic heterocycles. The van der Waals surface area contributed by atoms with E-state index in [0.717, 1.165) is 18.8 Å². The second-order valence-corrected chi connectivity index (χ2v) is 5.42. The monoisotopic (exact) mass is 259 g/mol. The average Bonchev–Trinajstić information content (AvgIpc) is 2.36. The van der Waals surface area contributed by atoms with Crippen molar-refractivity contribution < 1.29 is 4.92 Å². The Labute approximate surface area is 112 Å². The zero-order chi connectivity index (χ0) is 14.0. The Morgan fingerprint density at radius 2 is 2.00 bits per heavy atom. The fourth-order valence-electron chi connectivity index (χ4n) is 2.86. The van der Waals surface area contributed by atoms with E-state index in [9.17, 15) is 15.4 Å². The second-order valence-electron chi connectivity index (χ2n) is 5.42. The van der Waals surface area contributed by atoms with Crippen LogP contribution in [0.1, 0.15) is 25.8 Å². The number of benzene rings is 1. The summed E-state index contributed by atoms with van der Waals surface area (Å²) < 4.78 is 0. The van der Waals surface area contributed by atoms with E-state index >= 15 is 0 Å². The van der Waals surface area contributed by atoms with Crippen LogP contribution >= 0.6 is 0 Å². The smallest absolute Gasteiger partial charge is 0.270 e. The van der Waals surface area contributed by atoms with Crippen LogP contribution in [0.3, 0.4) is 0 Å². The number of hydrogen-bond donors (Lipinski definition) is 0. The van der Waals surface area contributed by atoms with Crippen LogP contribution < -0.4 is 4.90 Å². The third-order valence-corrected chi connectivity index (χ3v) is 3.52. The molecule has 100 valence electrons. The number of anilines is 1. The van der Waals surface area contributed by atoms with Gasteiger partial charge in [-0.1, -0.05) is 13.8 Å². The third-order valence-electron chi connectivity index (χ3n) is 3.52. The highest BCUT2D eigenvalue weighted by Gasteiger charge is 2.24. The molecule has 1 aromatic rings. The van der Waals surface area contributed by atoms with E-state index < -0.39 is 4.92 Å². The number of nitrogens with zero attached hydrogens (tertiary/aromatic N) is 3. The minimum absolute atomic E-state index is 0.0293. The molecule has 0 aliphatic carbocycles. The van der Waals surface area contributed by atoms with Crippen LogP contribution in [0.5, 0.6) is 0 Å². The van der Waals surface area contributed by atoms with Crippen LogP contribution in [0.2, 0.25) is 0 Å². The fourth-order valence-corrected chi connectivity index (χ4v) is 2.86. The van der Waals surface area contributed by atoms with Crippen LogP contribution in [0, 0.1) is 33.3 Å². The second kappa shape index (κ2) is 5.27. The van der Waals surface area contributed by atoms with Crippen molar-refractivity contribution in [1.29, 1.82) is 5.26 Å². The first-order valence-electron chi connectivity index (χ1n) is 6.44. The van der Waals surface area contributed by atoms with Crippen molar-refractivity contribution in [3.8, 4) is 6.07 Å². The van der Waals surface area contributed by atoms with Crippen molar-refractivity contribution >= 4 is 11.4 Å². The molecule has 1 aliphatic heterocycles. The van der Waals surface area contributed by atoms with Gasteiger partial charge in [0, 0.05) is 25.2 Å². The van der Waals surface area contributed by atoms with Crippen LogP contribution in [-0.2, 0) is 0 Å². The van der Waals surface area contributed by atoms with E-state index in [2.05, 4.69) is 24.8 Å². The number of nitriles is 1. The maximum absolute atomic E-state index is 10.7. The molecule has 5 heteroatoms. The summed E-state index contributed by atoms with van der Waals surface area (Å²) in [6.07, 6.45) is 1.19. The highest BCUT2D eigenvalue weighted by atomic mass is 16.6. The predicted octanol–water partition coefficient (Wildman–Crippen LogP) is 2.95. The fraction of sp³-hybridized carbons (Fsp3) is 0.500. The minimum atomic E-state index is -0.466. The Hall–Kier alpha value is -2.09. The molecule has 1 aromatic carbocycles. The summed E-state index contributed by atoms with van der Waals surface area (Å²) in [7, 11) is 0. The van der Waals surface area contributed by atoms with Crippen molar-refractivity contribution in [2.24, 2.45) is 11.8 Å². The van der Waals surface area contributed by atoms with Gasteiger partial charge in [-0.05, 0) is 24.3 Å². The van der Waals surface area contributed by atoms with Gasteiger partial charge in [0.25, 0.3) is 5.69 Å². The van der Waals surface area contributed by atoms with Crippen LogP contribution in [0.4, 0.5) is 11.4 Å². The van der Waals surface area contributed by atoms with Crippen LogP contribution in [0.15, 0.2) is 18.2 Å². The molecular weight excluding hydrogens is 242 g/mol. The van der Waals surface area contributed by atoms with Gasteiger partial charge in [0.05, 0.1) is 16.2 Å². The van der Waals surface area contributed by atoms with Gasteiger partial charge < -0.3 is 4.90 Å². The quantitative estimate of drug-likeness (QED) is 0.604. The lowest BCUT2D eigenvalue weighted by molar-refractivity contribution is -0.384. The van der Waals surface area contributed by atoms with Crippen LogP contribution in [-0.4, -0.2) is 18.0 Å². The molecule has 5 nitrogen and oxygen atoms in total. The third kappa shape index (κ3) is 2.84. The first kappa shape index (κ1) is 13.3. The maximum Gasteiger partial charge on any atom is 0.270 e. The van der Waals surface area contributed by atoms with Crippen molar-refractivity contribution in [2.45, 2.75) is 20.3 Å².